The number of benzene rings is 2. The molecule has 19 heavy (non-hydrogen) atoms. The number of β-lactam (4-membered cyclic amide) rings is 1. The van der Waals surface area contributed by atoms with Crippen molar-refractivity contribution < 1.29 is 4.79 Å². The van der Waals surface area contributed by atoms with Crippen LogP contribution in [-0.2, 0) is 4.79 Å². The SMILES string of the molecule is N[C@H]1C(=O)N(c2ccccc2)[C@H]1c1ccc(Cl)cc1. The highest BCUT2D eigenvalue weighted by atomic mass is 35.5. The zero-order valence-corrected chi connectivity index (χ0v) is 10.9. The van der Waals surface area contributed by atoms with Crippen molar-refractivity contribution in [1.82, 2.24) is 0 Å². The maximum absolute atomic E-state index is 12.0. The standard InChI is InChI=1S/C15H13ClN2O/c16-11-8-6-10(7-9-11)14-13(17)15(19)18(14)12-4-2-1-3-5-12/h1-9,13-14H,17H2/t13-,14+/m1/s1. The molecule has 0 saturated carbocycles. The second-order valence-corrected chi connectivity index (χ2v) is 5.00. The van der Waals surface area contributed by atoms with Crippen LogP contribution in [0.2, 0.25) is 5.02 Å². The fourth-order valence-corrected chi connectivity index (χ4v) is 2.53. The quantitative estimate of drug-likeness (QED) is 0.855. The first-order valence-corrected chi connectivity index (χ1v) is 6.45. The molecule has 0 spiro atoms. The number of anilines is 1. The number of carbonyl (C=O) groups excluding carboxylic acids is 1. The van der Waals surface area contributed by atoms with E-state index in [0.717, 1.165) is 11.3 Å². The number of nitrogens with zero attached hydrogens (tertiary/aromatic N) is 1. The molecule has 2 aromatic rings. The van der Waals surface area contributed by atoms with E-state index in [-0.39, 0.29) is 11.9 Å². The molecule has 0 unspecified atom stereocenters. The zero-order chi connectivity index (χ0) is 13.4. The summed E-state index contributed by atoms with van der Waals surface area (Å²) < 4.78 is 0. The van der Waals surface area contributed by atoms with Gasteiger partial charge in [-0.2, -0.15) is 0 Å². The van der Waals surface area contributed by atoms with Crippen LogP contribution in [0.15, 0.2) is 54.6 Å². The molecular weight excluding hydrogens is 260 g/mol. The van der Waals surface area contributed by atoms with Crippen LogP contribution in [0.25, 0.3) is 0 Å². The maximum atomic E-state index is 12.0. The van der Waals surface area contributed by atoms with E-state index in [1.54, 1.807) is 4.90 Å². The Bertz CT molecular complexity index is 597. The monoisotopic (exact) mass is 272 g/mol. The number of para-hydroxylation sites is 1. The third-order valence-electron chi connectivity index (χ3n) is 3.39. The summed E-state index contributed by atoms with van der Waals surface area (Å²) in [5.41, 5.74) is 7.81. The molecule has 1 saturated heterocycles. The van der Waals surface area contributed by atoms with Gasteiger partial charge in [-0.25, -0.2) is 0 Å². The summed E-state index contributed by atoms with van der Waals surface area (Å²) in [5.74, 6) is -0.0499. The highest BCUT2D eigenvalue weighted by Gasteiger charge is 2.46. The molecule has 1 heterocycles. The fourth-order valence-electron chi connectivity index (χ4n) is 2.40. The molecule has 0 bridgehead atoms. The molecule has 2 N–H and O–H groups in total. The lowest BCUT2D eigenvalue weighted by atomic mass is 9.88. The number of hydrogen-bond donors (Lipinski definition) is 1. The van der Waals surface area contributed by atoms with Gasteiger partial charge in [-0.05, 0) is 29.8 Å². The Kier molecular flexibility index (Phi) is 3.01. The third-order valence-corrected chi connectivity index (χ3v) is 3.64. The van der Waals surface area contributed by atoms with Crippen LogP contribution in [0.4, 0.5) is 5.69 Å². The molecule has 3 rings (SSSR count). The van der Waals surface area contributed by atoms with Crippen molar-refractivity contribution in [1.29, 1.82) is 0 Å². The van der Waals surface area contributed by atoms with Crippen molar-refractivity contribution in [3.05, 3.63) is 65.2 Å². The van der Waals surface area contributed by atoms with Gasteiger partial charge < -0.3 is 10.6 Å². The van der Waals surface area contributed by atoms with Crippen LogP contribution in [-0.4, -0.2) is 11.9 Å². The highest BCUT2D eigenvalue weighted by Crippen LogP contribution is 2.38. The minimum absolute atomic E-state index is 0.0499. The number of rotatable bonds is 2. The molecule has 4 heteroatoms. The summed E-state index contributed by atoms with van der Waals surface area (Å²) >= 11 is 5.88. The minimum Gasteiger partial charge on any atom is -0.318 e. The number of nitrogens with two attached hydrogens (primary N) is 1. The molecule has 0 aliphatic carbocycles. The number of halogens is 1. The molecule has 2 atom stereocenters. The first kappa shape index (κ1) is 12.2. The molecule has 96 valence electrons. The van der Waals surface area contributed by atoms with E-state index in [4.69, 9.17) is 17.3 Å². The molecule has 1 aliphatic rings. The van der Waals surface area contributed by atoms with Crippen LogP contribution < -0.4 is 10.6 Å². The number of hydrogen-bond acceptors (Lipinski definition) is 2. The average molecular weight is 273 g/mol. The van der Waals surface area contributed by atoms with Crippen LogP contribution in [0.5, 0.6) is 0 Å². The molecule has 1 amide bonds. The molecule has 2 aromatic carbocycles. The summed E-state index contributed by atoms with van der Waals surface area (Å²) in [5, 5.41) is 0.675. The van der Waals surface area contributed by atoms with Crippen molar-refractivity contribution in [2.45, 2.75) is 12.1 Å². The van der Waals surface area contributed by atoms with E-state index in [1.807, 2.05) is 54.6 Å². The molecular formula is C15H13ClN2O. The fraction of sp³-hybridized carbons (Fsp3) is 0.133. The van der Waals surface area contributed by atoms with Gasteiger partial charge in [0, 0.05) is 10.7 Å². The average Bonchev–Trinajstić information content (AvgIpc) is 2.46. The van der Waals surface area contributed by atoms with E-state index in [2.05, 4.69) is 0 Å². The smallest absolute Gasteiger partial charge is 0.247 e. The molecule has 3 nitrogen and oxygen atoms in total. The normalized spacial score (nSPS) is 22.2. The van der Waals surface area contributed by atoms with Crippen molar-refractivity contribution in [2.75, 3.05) is 4.90 Å². The summed E-state index contributed by atoms with van der Waals surface area (Å²) in [7, 11) is 0. The molecule has 0 aromatic heterocycles. The van der Waals surface area contributed by atoms with Gasteiger partial charge in [-0.3, -0.25) is 4.79 Å². The second-order valence-electron chi connectivity index (χ2n) is 4.57. The molecule has 0 radical (unpaired) electrons. The van der Waals surface area contributed by atoms with E-state index >= 15 is 0 Å². The van der Waals surface area contributed by atoms with E-state index < -0.39 is 6.04 Å². The van der Waals surface area contributed by atoms with Crippen molar-refractivity contribution in [3.8, 4) is 0 Å². The summed E-state index contributed by atoms with van der Waals surface area (Å²) in [4.78, 5) is 13.7. The Balaban J connectivity index is 1.96. The number of amides is 1. The van der Waals surface area contributed by atoms with Gasteiger partial charge in [0.25, 0.3) is 0 Å². The zero-order valence-electron chi connectivity index (χ0n) is 10.2. The van der Waals surface area contributed by atoms with Crippen LogP contribution in [0, 0.1) is 0 Å². The Labute approximate surface area is 116 Å². The lowest BCUT2D eigenvalue weighted by Gasteiger charge is -2.45. The van der Waals surface area contributed by atoms with Gasteiger partial charge in [0.1, 0.15) is 6.04 Å². The van der Waals surface area contributed by atoms with Gasteiger partial charge in [0.2, 0.25) is 5.91 Å². The predicted molar refractivity (Wildman–Crippen MR) is 76.1 cm³/mol. The molecule has 1 fully saturated rings. The van der Waals surface area contributed by atoms with Gasteiger partial charge in [0.05, 0.1) is 6.04 Å². The summed E-state index contributed by atoms with van der Waals surface area (Å²) in [6.45, 7) is 0. The first-order chi connectivity index (χ1) is 9.18. The Morgan fingerprint density at radius 3 is 2.26 bits per heavy atom. The van der Waals surface area contributed by atoms with Crippen LogP contribution in [0.3, 0.4) is 0 Å². The van der Waals surface area contributed by atoms with E-state index in [9.17, 15) is 4.79 Å². The van der Waals surface area contributed by atoms with E-state index in [1.165, 1.54) is 0 Å². The van der Waals surface area contributed by atoms with Crippen molar-refractivity contribution in [2.24, 2.45) is 5.73 Å². The second kappa shape index (κ2) is 4.68. The third kappa shape index (κ3) is 2.01. The molecule has 1 aliphatic heterocycles. The van der Waals surface area contributed by atoms with Crippen LogP contribution >= 0.6 is 11.6 Å². The van der Waals surface area contributed by atoms with Gasteiger partial charge in [0.15, 0.2) is 0 Å². The van der Waals surface area contributed by atoms with Crippen molar-refractivity contribution >= 4 is 23.2 Å². The lowest BCUT2D eigenvalue weighted by molar-refractivity contribution is -0.126. The van der Waals surface area contributed by atoms with Gasteiger partial charge >= 0.3 is 0 Å². The highest BCUT2D eigenvalue weighted by molar-refractivity contribution is 6.30. The van der Waals surface area contributed by atoms with Crippen molar-refractivity contribution in [3.63, 3.8) is 0 Å². The first-order valence-electron chi connectivity index (χ1n) is 6.07. The largest absolute Gasteiger partial charge is 0.318 e. The lowest BCUT2D eigenvalue weighted by Crippen LogP contribution is -2.63. The number of carbonyl (C=O) groups is 1. The van der Waals surface area contributed by atoms with Gasteiger partial charge in [-0.1, -0.05) is 41.9 Å². The van der Waals surface area contributed by atoms with Gasteiger partial charge in [-0.15, -0.1) is 0 Å². The maximum Gasteiger partial charge on any atom is 0.247 e. The Morgan fingerprint density at radius 2 is 1.63 bits per heavy atom. The predicted octanol–water partition coefficient (Wildman–Crippen LogP) is 2.76. The Morgan fingerprint density at radius 1 is 1.00 bits per heavy atom. The minimum atomic E-state index is -0.485. The Hall–Kier alpha value is -1.84. The van der Waals surface area contributed by atoms with E-state index in [0.29, 0.717) is 5.02 Å². The topological polar surface area (TPSA) is 46.3 Å². The summed E-state index contributed by atoms with van der Waals surface area (Å²) in [6, 6.07) is 16.4. The van der Waals surface area contributed by atoms with Crippen LogP contribution in [0.1, 0.15) is 11.6 Å². The summed E-state index contributed by atoms with van der Waals surface area (Å²) in [6.07, 6.45) is 0.